The van der Waals surface area contributed by atoms with Gasteiger partial charge in [-0.2, -0.15) is 0 Å². The number of nitrogens with two attached hydrogens (primary N) is 1. The number of benzene rings is 1. The van der Waals surface area contributed by atoms with Gasteiger partial charge in [-0.25, -0.2) is 0 Å². The molecular weight excluding hydrogens is 362 g/mol. The summed E-state index contributed by atoms with van der Waals surface area (Å²) >= 11 is 0. The predicted molar refractivity (Wildman–Crippen MR) is 113 cm³/mol. The highest BCUT2D eigenvalue weighted by Crippen LogP contribution is 2.26. The number of carbonyl (C=O) groups is 1. The number of rotatable bonds is 7. The van der Waals surface area contributed by atoms with Crippen LogP contribution in [0.3, 0.4) is 0 Å². The minimum Gasteiger partial charge on any atom is -0.373 e. The van der Waals surface area contributed by atoms with Crippen molar-refractivity contribution in [3.63, 3.8) is 0 Å². The van der Waals surface area contributed by atoms with Gasteiger partial charge in [-0.15, -0.1) is 0 Å². The fraction of sp³-hybridized carbons (Fsp3) is 0.261. The molecule has 0 bridgehead atoms. The third kappa shape index (κ3) is 4.60. The largest absolute Gasteiger partial charge is 0.373 e. The highest BCUT2D eigenvalue weighted by molar-refractivity contribution is 5.80. The van der Waals surface area contributed by atoms with Crippen LogP contribution in [-0.4, -0.2) is 33.4 Å². The van der Waals surface area contributed by atoms with Crippen LogP contribution < -0.4 is 11.1 Å². The number of primary amides is 1. The smallest absolute Gasteiger partial charge is 0.234 e. The summed E-state index contributed by atoms with van der Waals surface area (Å²) < 4.78 is 0. The van der Waals surface area contributed by atoms with E-state index in [0.717, 1.165) is 41.9 Å². The molecule has 3 N–H and O–H groups in total. The van der Waals surface area contributed by atoms with Crippen LogP contribution in [0.1, 0.15) is 35.7 Å². The second-order valence-corrected chi connectivity index (χ2v) is 7.35. The first-order chi connectivity index (χ1) is 14.2. The van der Waals surface area contributed by atoms with Gasteiger partial charge in [0.2, 0.25) is 5.91 Å². The van der Waals surface area contributed by atoms with Crippen molar-refractivity contribution in [3.05, 3.63) is 90.0 Å². The molecule has 1 aliphatic rings. The monoisotopic (exact) mass is 387 g/mol. The van der Waals surface area contributed by atoms with E-state index in [9.17, 15) is 4.79 Å². The van der Waals surface area contributed by atoms with Gasteiger partial charge in [-0.05, 0) is 60.8 Å². The van der Waals surface area contributed by atoms with E-state index in [2.05, 4.69) is 32.3 Å². The van der Waals surface area contributed by atoms with Crippen LogP contribution in [-0.2, 0) is 11.3 Å². The molecular formula is C23H25N5O. The number of hydrogen-bond donors (Lipinski definition) is 2. The average Bonchev–Trinajstić information content (AvgIpc) is 3.22. The van der Waals surface area contributed by atoms with Crippen LogP contribution >= 0.6 is 0 Å². The van der Waals surface area contributed by atoms with E-state index in [1.54, 1.807) is 12.4 Å². The number of amides is 1. The lowest BCUT2D eigenvalue weighted by Crippen LogP contribution is -2.39. The molecule has 0 spiro atoms. The third-order valence-electron chi connectivity index (χ3n) is 5.32. The Kier molecular flexibility index (Phi) is 5.81. The normalized spacial score (nSPS) is 17.7. The molecule has 1 fully saturated rings. The fourth-order valence-corrected chi connectivity index (χ4v) is 3.92. The maximum absolute atomic E-state index is 11.7. The summed E-state index contributed by atoms with van der Waals surface area (Å²) in [7, 11) is 0. The van der Waals surface area contributed by atoms with Crippen molar-refractivity contribution in [1.29, 1.82) is 0 Å². The number of pyridine rings is 2. The average molecular weight is 387 g/mol. The molecule has 6 heteroatoms. The number of nitrogens with one attached hydrogen (secondary N) is 1. The SMILES string of the molecule is NC(=O)C1CCCN1Cc1cccc(NC(c2cccnc2)c2ccccn2)c1. The zero-order valence-corrected chi connectivity index (χ0v) is 16.2. The van der Waals surface area contributed by atoms with Gasteiger partial charge in [-0.1, -0.05) is 24.3 Å². The third-order valence-corrected chi connectivity index (χ3v) is 5.32. The van der Waals surface area contributed by atoms with Crippen LogP contribution in [0.5, 0.6) is 0 Å². The highest BCUT2D eigenvalue weighted by Gasteiger charge is 2.28. The molecule has 1 saturated heterocycles. The Balaban J connectivity index is 1.56. The molecule has 2 aromatic heterocycles. The summed E-state index contributed by atoms with van der Waals surface area (Å²) in [6.07, 6.45) is 7.28. The van der Waals surface area contributed by atoms with Gasteiger partial charge in [0.15, 0.2) is 0 Å². The number of anilines is 1. The van der Waals surface area contributed by atoms with E-state index in [1.807, 2.05) is 48.7 Å². The van der Waals surface area contributed by atoms with Crippen molar-refractivity contribution >= 4 is 11.6 Å². The van der Waals surface area contributed by atoms with E-state index in [1.165, 1.54) is 0 Å². The number of likely N-dealkylation sites (tertiary alicyclic amines) is 1. The van der Waals surface area contributed by atoms with Crippen molar-refractivity contribution in [1.82, 2.24) is 14.9 Å². The van der Waals surface area contributed by atoms with Crippen LogP contribution in [0, 0.1) is 0 Å². The molecule has 6 nitrogen and oxygen atoms in total. The molecule has 148 valence electrons. The van der Waals surface area contributed by atoms with Crippen LogP contribution in [0.25, 0.3) is 0 Å². The zero-order valence-electron chi connectivity index (χ0n) is 16.2. The maximum Gasteiger partial charge on any atom is 0.234 e. The second-order valence-electron chi connectivity index (χ2n) is 7.35. The quantitative estimate of drug-likeness (QED) is 0.651. The van der Waals surface area contributed by atoms with Gasteiger partial charge in [-0.3, -0.25) is 19.7 Å². The molecule has 0 aliphatic carbocycles. The molecule has 3 heterocycles. The zero-order chi connectivity index (χ0) is 20.1. The van der Waals surface area contributed by atoms with E-state index < -0.39 is 0 Å². The van der Waals surface area contributed by atoms with Crippen LogP contribution in [0.4, 0.5) is 5.69 Å². The van der Waals surface area contributed by atoms with Crippen molar-refractivity contribution in [2.75, 3.05) is 11.9 Å². The molecule has 2 atom stereocenters. The van der Waals surface area contributed by atoms with Crippen LogP contribution in [0.2, 0.25) is 0 Å². The molecule has 4 rings (SSSR count). The summed E-state index contributed by atoms with van der Waals surface area (Å²) in [6.45, 7) is 1.61. The van der Waals surface area contributed by atoms with E-state index >= 15 is 0 Å². The number of nitrogens with zero attached hydrogens (tertiary/aromatic N) is 3. The number of hydrogen-bond acceptors (Lipinski definition) is 5. The van der Waals surface area contributed by atoms with Crippen molar-refractivity contribution < 1.29 is 4.79 Å². The molecule has 0 radical (unpaired) electrons. The predicted octanol–water partition coefficient (Wildman–Crippen LogP) is 3.13. The van der Waals surface area contributed by atoms with Gasteiger partial charge in [0.1, 0.15) is 0 Å². The van der Waals surface area contributed by atoms with Crippen molar-refractivity contribution in [2.45, 2.75) is 31.5 Å². The van der Waals surface area contributed by atoms with Gasteiger partial charge in [0, 0.05) is 30.8 Å². The minimum absolute atomic E-state index is 0.106. The summed E-state index contributed by atoms with van der Waals surface area (Å²) in [5.74, 6) is -0.233. The lowest BCUT2D eigenvalue weighted by atomic mass is 10.0. The lowest BCUT2D eigenvalue weighted by Gasteiger charge is -2.23. The molecule has 1 aromatic carbocycles. The highest BCUT2D eigenvalue weighted by atomic mass is 16.1. The minimum atomic E-state index is -0.233. The van der Waals surface area contributed by atoms with E-state index in [4.69, 9.17) is 5.73 Å². The first kappa shape index (κ1) is 19.1. The standard InChI is InChI=1S/C23H25N5O/c24-23(29)21-10-5-13-28(21)16-17-6-3-8-19(14-17)27-22(18-7-4-11-25-15-18)20-9-1-2-12-26-20/h1-4,6-9,11-12,14-15,21-22,27H,5,10,13,16H2,(H2,24,29). The van der Waals surface area contributed by atoms with Gasteiger partial charge in [0.05, 0.1) is 17.8 Å². The lowest BCUT2D eigenvalue weighted by molar-refractivity contribution is -0.122. The molecule has 2 unspecified atom stereocenters. The number of carbonyl (C=O) groups excluding carboxylic acids is 1. The molecule has 1 amide bonds. The maximum atomic E-state index is 11.7. The summed E-state index contributed by atoms with van der Waals surface area (Å²) in [5, 5.41) is 3.60. The first-order valence-corrected chi connectivity index (χ1v) is 9.90. The fourth-order valence-electron chi connectivity index (χ4n) is 3.92. The Morgan fingerprint density at radius 3 is 2.86 bits per heavy atom. The Morgan fingerprint density at radius 1 is 1.17 bits per heavy atom. The molecule has 3 aromatic rings. The Morgan fingerprint density at radius 2 is 2.10 bits per heavy atom. The van der Waals surface area contributed by atoms with Crippen LogP contribution in [0.15, 0.2) is 73.2 Å². The Bertz CT molecular complexity index is 908. The summed E-state index contributed by atoms with van der Waals surface area (Å²) in [6, 6.07) is 17.9. The van der Waals surface area contributed by atoms with Gasteiger partial charge >= 0.3 is 0 Å². The van der Waals surface area contributed by atoms with Gasteiger partial charge < -0.3 is 11.1 Å². The summed E-state index contributed by atoms with van der Waals surface area (Å²) in [4.78, 5) is 22.7. The number of aromatic nitrogens is 2. The Labute approximate surface area is 170 Å². The second kappa shape index (κ2) is 8.84. The van der Waals surface area contributed by atoms with E-state index in [0.29, 0.717) is 6.54 Å². The topological polar surface area (TPSA) is 84.1 Å². The molecule has 29 heavy (non-hydrogen) atoms. The summed E-state index contributed by atoms with van der Waals surface area (Å²) in [5.41, 5.74) is 9.68. The van der Waals surface area contributed by atoms with Crippen molar-refractivity contribution in [2.24, 2.45) is 5.73 Å². The molecule has 0 saturated carbocycles. The van der Waals surface area contributed by atoms with Gasteiger partial charge in [0.25, 0.3) is 0 Å². The Hall–Kier alpha value is -3.25. The molecule has 1 aliphatic heterocycles. The van der Waals surface area contributed by atoms with Crippen molar-refractivity contribution in [3.8, 4) is 0 Å². The van der Waals surface area contributed by atoms with E-state index in [-0.39, 0.29) is 18.0 Å². The first-order valence-electron chi connectivity index (χ1n) is 9.90.